The number of benzene rings is 1. The number of nitrogens with one attached hydrogen (secondary N) is 1. The molecule has 0 aliphatic heterocycles. The van der Waals surface area contributed by atoms with Crippen LogP contribution in [0, 0.1) is 0 Å². The maximum Gasteiger partial charge on any atom is 0.243 e. The number of aromatic nitrogens is 2. The highest BCUT2D eigenvalue weighted by Crippen LogP contribution is 2.25. The van der Waals surface area contributed by atoms with Gasteiger partial charge in [0, 0.05) is 10.0 Å². The van der Waals surface area contributed by atoms with E-state index < -0.39 is 6.04 Å². The first-order valence-corrected chi connectivity index (χ1v) is 7.23. The third-order valence-corrected chi connectivity index (χ3v) is 3.44. The molecule has 1 aromatic carbocycles. The number of nitrogens with two attached hydrogens (primary N) is 1. The molecule has 0 radical (unpaired) electrons. The van der Waals surface area contributed by atoms with Crippen molar-refractivity contribution >= 4 is 38.8 Å². The molecule has 108 valence electrons. The van der Waals surface area contributed by atoms with Gasteiger partial charge in [-0.15, -0.1) is 0 Å². The predicted octanol–water partition coefficient (Wildman–Crippen LogP) is 2.86. The van der Waals surface area contributed by atoms with Crippen LogP contribution < -0.4 is 11.1 Å². The fourth-order valence-electron chi connectivity index (χ4n) is 2.09. The summed E-state index contributed by atoms with van der Waals surface area (Å²) in [7, 11) is 0. The molecule has 3 N–H and O–H groups in total. The van der Waals surface area contributed by atoms with Gasteiger partial charge < -0.3 is 11.1 Å². The fraction of sp³-hybridized carbons (Fsp3) is 0.429. The van der Waals surface area contributed by atoms with E-state index >= 15 is 0 Å². The van der Waals surface area contributed by atoms with Crippen LogP contribution >= 0.6 is 15.9 Å². The van der Waals surface area contributed by atoms with E-state index in [1.807, 2.05) is 45.9 Å². The fourth-order valence-corrected chi connectivity index (χ4v) is 2.44. The molecule has 1 aromatic heterocycles. The number of halogens is 1. The summed E-state index contributed by atoms with van der Waals surface area (Å²) < 4.78 is 2.68. The Morgan fingerprint density at radius 1 is 1.45 bits per heavy atom. The van der Waals surface area contributed by atoms with Gasteiger partial charge in [0.15, 0.2) is 0 Å². The molecule has 0 saturated carbocycles. The minimum atomic E-state index is -0.416. The summed E-state index contributed by atoms with van der Waals surface area (Å²) in [6, 6.07) is 5.29. The largest absolute Gasteiger partial charge is 0.369 e. The topological polar surface area (TPSA) is 72.9 Å². The van der Waals surface area contributed by atoms with Crippen molar-refractivity contribution in [1.29, 1.82) is 0 Å². The number of carbonyl (C=O) groups is 1. The van der Waals surface area contributed by atoms with Crippen LogP contribution in [0.1, 0.15) is 33.7 Å². The van der Waals surface area contributed by atoms with Crippen molar-refractivity contribution in [3.05, 3.63) is 22.7 Å². The lowest BCUT2D eigenvalue weighted by atomic mass is 10.1. The zero-order valence-electron chi connectivity index (χ0n) is 12.1. The zero-order chi connectivity index (χ0) is 15.1. The maximum atomic E-state index is 12.3. The summed E-state index contributed by atoms with van der Waals surface area (Å²) >= 11 is 3.40. The van der Waals surface area contributed by atoms with Crippen LogP contribution in [0.2, 0.25) is 0 Å². The summed E-state index contributed by atoms with van der Waals surface area (Å²) in [5.74, 6) is 0.265. The molecule has 0 aliphatic carbocycles. The molecule has 1 heterocycles. The summed E-state index contributed by atoms with van der Waals surface area (Å²) in [5, 5.41) is 2.96. The van der Waals surface area contributed by atoms with E-state index in [0.29, 0.717) is 5.95 Å². The number of hydrogen-bond acceptors (Lipinski definition) is 3. The van der Waals surface area contributed by atoms with Crippen LogP contribution in [0.25, 0.3) is 11.0 Å². The molecule has 1 unspecified atom stereocenters. The van der Waals surface area contributed by atoms with Crippen molar-refractivity contribution in [2.24, 2.45) is 0 Å². The SMILES string of the molecule is CC(C(=O)NC(C)(C)C)n1c(N)nc2cc(Br)ccc21. The van der Waals surface area contributed by atoms with Gasteiger partial charge in [-0.2, -0.15) is 0 Å². The van der Waals surface area contributed by atoms with Crippen molar-refractivity contribution in [3.63, 3.8) is 0 Å². The van der Waals surface area contributed by atoms with E-state index in [4.69, 9.17) is 5.73 Å². The van der Waals surface area contributed by atoms with Crippen LogP contribution in [-0.2, 0) is 4.79 Å². The summed E-state index contributed by atoms with van der Waals surface area (Å²) in [5.41, 5.74) is 7.30. The molecule has 0 aliphatic rings. The molecule has 6 heteroatoms. The highest BCUT2D eigenvalue weighted by atomic mass is 79.9. The van der Waals surface area contributed by atoms with Gasteiger partial charge in [0.05, 0.1) is 11.0 Å². The molecule has 0 bridgehead atoms. The van der Waals surface area contributed by atoms with Gasteiger partial charge in [-0.25, -0.2) is 4.98 Å². The highest BCUT2D eigenvalue weighted by molar-refractivity contribution is 9.10. The highest BCUT2D eigenvalue weighted by Gasteiger charge is 2.23. The second kappa shape index (κ2) is 5.09. The first-order valence-electron chi connectivity index (χ1n) is 6.44. The van der Waals surface area contributed by atoms with Crippen LogP contribution in [0.4, 0.5) is 5.95 Å². The van der Waals surface area contributed by atoms with E-state index in [0.717, 1.165) is 15.5 Å². The van der Waals surface area contributed by atoms with Gasteiger partial charge in [0.2, 0.25) is 11.9 Å². The Kier molecular flexibility index (Phi) is 3.77. The van der Waals surface area contributed by atoms with E-state index in [1.54, 1.807) is 4.57 Å². The molecule has 5 nitrogen and oxygen atoms in total. The molecule has 20 heavy (non-hydrogen) atoms. The maximum absolute atomic E-state index is 12.3. The smallest absolute Gasteiger partial charge is 0.243 e. The monoisotopic (exact) mass is 338 g/mol. The van der Waals surface area contributed by atoms with Crippen molar-refractivity contribution in [1.82, 2.24) is 14.9 Å². The molecule has 2 aromatic rings. The van der Waals surface area contributed by atoms with Crippen molar-refractivity contribution < 1.29 is 4.79 Å². The average Bonchev–Trinajstić information content (AvgIpc) is 2.60. The lowest BCUT2D eigenvalue weighted by Gasteiger charge is -2.24. The lowest BCUT2D eigenvalue weighted by molar-refractivity contribution is -0.125. The quantitative estimate of drug-likeness (QED) is 0.884. The molecule has 0 saturated heterocycles. The van der Waals surface area contributed by atoms with Crippen molar-refractivity contribution in [2.45, 2.75) is 39.3 Å². The summed E-state index contributed by atoms with van der Waals surface area (Å²) in [4.78, 5) is 16.6. The Morgan fingerprint density at radius 2 is 2.10 bits per heavy atom. The van der Waals surface area contributed by atoms with Gasteiger partial charge in [0.25, 0.3) is 0 Å². The molecular formula is C14H19BrN4O. The van der Waals surface area contributed by atoms with Crippen molar-refractivity contribution in [2.75, 3.05) is 5.73 Å². The molecule has 0 spiro atoms. The number of fused-ring (bicyclic) bond motifs is 1. The molecule has 1 atom stereocenters. The van der Waals surface area contributed by atoms with Gasteiger partial charge in [0.1, 0.15) is 6.04 Å². The third kappa shape index (κ3) is 2.95. The van der Waals surface area contributed by atoms with Gasteiger partial charge in [-0.1, -0.05) is 15.9 Å². The number of anilines is 1. The van der Waals surface area contributed by atoms with Crippen LogP contribution in [0.15, 0.2) is 22.7 Å². The number of nitrogen functional groups attached to an aromatic ring is 1. The minimum absolute atomic E-state index is 0.0774. The van der Waals surface area contributed by atoms with Crippen LogP contribution in [-0.4, -0.2) is 21.0 Å². The zero-order valence-corrected chi connectivity index (χ0v) is 13.7. The Morgan fingerprint density at radius 3 is 2.70 bits per heavy atom. The van der Waals surface area contributed by atoms with E-state index in [9.17, 15) is 4.79 Å². The second-order valence-electron chi connectivity index (χ2n) is 5.89. The summed E-state index contributed by atoms with van der Waals surface area (Å²) in [6.07, 6.45) is 0. The Hall–Kier alpha value is -1.56. The minimum Gasteiger partial charge on any atom is -0.369 e. The van der Waals surface area contributed by atoms with Crippen LogP contribution in [0.5, 0.6) is 0 Å². The van der Waals surface area contributed by atoms with Crippen LogP contribution in [0.3, 0.4) is 0 Å². The molecule has 0 fully saturated rings. The number of hydrogen-bond donors (Lipinski definition) is 2. The Bertz CT molecular complexity index is 657. The Balaban J connectivity index is 2.42. The van der Waals surface area contributed by atoms with Gasteiger partial charge in [-0.05, 0) is 45.9 Å². The Labute approximate surface area is 126 Å². The first-order chi connectivity index (χ1) is 9.19. The third-order valence-electron chi connectivity index (χ3n) is 2.94. The number of amides is 1. The molecule has 1 amide bonds. The van der Waals surface area contributed by atoms with E-state index in [1.165, 1.54) is 0 Å². The van der Waals surface area contributed by atoms with Gasteiger partial charge in [-0.3, -0.25) is 9.36 Å². The predicted molar refractivity (Wildman–Crippen MR) is 84.5 cm³/mol. The number of carbonyl (C=O) groups excluding carboxylic acids is 1. The standard InChI is InChI=1S/C14H19BrN4O/c1-8(12(20)18-14(2,3)4)19-11-6-5-9(15)7-10(11)17-13(19)16/h5-8H,1-4H3,(H2,16,17)(H,18,20). The summed E-state index contributed by atoms with van der Waals surface area (Å²) in [6.45, 7) is 7.67. The van der Waals surface area contributed by atoms with Gasteiger partial charge >= 0.3 is 0 Å². The number of imidazole rings is 1. The van der Waals surface area contributed by atoms with Crippen molar-refractivity contribution in [3.8, 4) is 0 Å². The molecule has 2 rings (SSSR count). The first kappa shape index (κ1) is 14.8. The second-order valence-corrected chi connectivity index (χ2v) is 6.80. The number of rotatable bonds is 2. The molecular weight excluding hydrogens is 320 g/mol. The number of nitrogens with zero attached hydrogens (tertiary/aromatic N) is 2. The van der Waals surface area contributed by atoms with E-state index in [2.05, 4.69) is 26.2 Å². The normalized spacial score (nSPS) is 13.4. The lowest BCUT2D eigenvalue weighted by Crippen LogP contribution is -2.43. The average molecular weight is 339 g/mol. The van der Waals surface area contributed by atoms with E-state index in [-0.39, 0.29) is 11.4 Å².